The molecule has 1 aliphatic heterocycles. The molecular formula is C22H29N5OS. The number of benzene rings is 1. The third-order valence-corrected chi connectivity index (χ3v) is 6.61. The number of para-hydroxylation sites is 1. The van der Waals surface area contributed by atoms with Crippen LogP contribution in [0.25, 0.3) is 10.2 Å². The first kappa shape index (κ1) is 19.9. The zero-order valence-electron chi connectivity index (χ0n) is 17.8. The molecule has 0 saturated carbocycles. The van der Waals surface area contributed by atoms with Crippen LogP contribution in [0.1, 0.15) is 61.4 Å². The summed E-state index contributed by atoms with van der Waals surface area (Å²) in [7, 11) is 0. The molecule has 1 aromatic carbocycles. The van der Waals surface area contributed by atoms with Gasteiger partial charge in [-0.05, 0) is 44.4 Å². The van der Waals surface area contributed by atoms with Gasteiger partial charge in [0, 0.05) is 37.9 Å². The third-order valence-electron chi connectivity index (χ3n) is 5.53. The number of amides is 1. The van der Waals surface area contributed by atoms with Gasteiger partial charge in [-0.15, -0.1) is 0 Å². The second-order valence-electron chi connectivity index (χ2n) is 8.33. The van der Waals surface area contributed by atoms with E-state index >= 15 is 0 Å². The number of piperazine rings is 1. The van der Waals surface area contributed by atoms with Crippen LogP contribution >= 0.6 is 11.3 Å². The molecule has 0 N–H and O–H groups in total. The van der Waals surface area contributed by atoms with Crippen LogP contribution in [-0.4, -0.2) is 51.8 Å². The van der Waals surface area contributed by atoms with Gasteiger partial charge in [0.05, 0.1) is 10.2 Å². The van der Waals surface area contributed by atoms with Gasteiger partial charge in [-0.3, -0.25) is 9.48 Å². The van der Waals surface area contributed by atoms with Crippen LogP contribution in [0.3, 0.4) is 0 Å². The summed E-state index contributed by atoms with van der Waals surface area (Å²) in [6, 6.07) is 8.59. The van der Waals surface area contributed by atoms with Gasteiger partial charge in [0.2, 0.25) is 0 Å². The predicted octanol–water partition coefficient (Wildman–Crippen LogP) is 4.47. The van der Waals surface area contributed by atoms with Crippen LogP contribution in [0.4, 0.5) is 5.13 Å². The lowest BCUT2D eigenvalue weighted by Crippen LogP contribution is -2.48. The first-order valence-electron chi connectivity index (χ1n) is 10.3. The van der Waals surface area contributed by atoms with Crippen molar-refractivity contribution in [1.82, 2.24) is 19.7 Å². The Balaban J connectivity index is 1.47. The standard InChI is InChI=1S/C22H29N5OS/c1-14(2)17-7-6-8-19-20(17)23-22(29-19)26-11-9-25(10-12-26)21(28)18-13-16(5)27(24-18)15(3)4/h6-8,13-15H,9-12H2,1-5H3. The van der Waals surface area contributed by atoms with Crippen molar-refractivity contribution in [3.05, 3.63) is 41.2 Å². The summed E-state index contributed by atoms with van der Waals surface area (Å²) in [5, 5.41) is 5.57. The number of hydrogen-bond acceptors (Lipinski definition) is 5. The van der Waals surface area contributed by atoms with Crippen molar-refractivity contribution in [2.75, 3.05) is 31.1 Å². The van der Waals surface area contributed by atoms with E-state index in [1.807, 2.05) is 22.6 Å². The molecule has 2 aromatic heterocycles. The first-order chi connectivity index (χ1) is 13.8. The van der Waals surface area contributed by atoms with E-state index in [9.17, 15) is 4.79 Å². The van der Waals surface area contributed by atoms with Gasteiger partial charge >= 0.3 is 0 Å². The second kappa shape index (κ2) is 7.78. The minimum atomic E-state index is 0.0264. The van der Waals surface area contributed by atoms with Gasteiger partial charge in [0.15, 0.2) is 10.8 Å². The minimum absolute atomic E-state index is 0.0264. The number of thiazole rings is 1. The molecule has 154 valence electrons. The van der Waals surface area contributed by atoms with Crippen molar-refractivity contribution in [3.8, 4) is 0 Å². The van der Waals surface area contributed by atoms with E-state index in [2.05, 4.69) is 55.9 Å². The molecule has 6 nitrogen and oxygen atoms in total. The largest absolute Gasteiger partial charge is 0.345 e. The molecular weight excluding hydrogens is 382 g/mol. The van der Waals surface area contributed by atoms with Gasteiger partial charge in [-0.25, -0.2) is 4.98 Å². The Morgan fingerprint density at radius 2 is 1.83 bits per heavy atom. The summed E-state index contributed by atoms with van der Waals surface area (Å²) in [5.41, 5.74) is 3.99. The van der Waals surface area contributed by atoms with Gasteiger partial charge in [0.1, 0.15) is 0 Å². The number of aromatic nitrogens is 3. The lowest BCUT2D eigenvalue weighted by atomic mass is 10.0. The summed E-state index contributed by atoms with van der Waals surface area (Å²) in [4.78, 5) is 22.1. The highest BCUT2D eigenvalue weighted by atomic mass is 32.1. The highest BCUT2D eigenvalue weighted by Gasteiger charge is 2.26. The van der Waals surface area contributed by atoms with E-state index in [1.54, 1.807) is 11.3 Å². The molecule has 29 heavy (non-hydrogen) atoms. The maximum absolute atomic E-state index is 12.9. The van der Waals surface area contributed by atoms with Crippen LogP contribution in [0.2, 0.25) is 0 Å². The van der Waals surface area contributed by atoms with Crippen molar-refractivity contribution in [2.45, 2.75) is 46.6 Å². The number of aryl methyl sites for hydroxylation is 1. The fourth-order valence-electron chi connectivity index (χ4n) is 3.94. The maximum atomic E-state index is 12.9. The molecule has 0 bridgehead atoms. The lowest BCUT2D eigenvalue weighted by molar-refractivity contribution is 0.0739. The quantitative estimate of drug-likeness (QED) is 0.636. The molecule has 0 unspecified atom stereocenters. The highest BCUT2D eigenvalue weighted by molar-refractivity contribution is 7.22. The van der Waals surface area contributed by atoms with Crippen molar-refractivity contribution < 1.29 is 4.79 Å². The number of carbonyl (C=O) groups excluding carboxylic acids is 1. The highest BCUT2D eigenvalue weighted by Crippen LogP contribution is 2.33. The fraction of sp³-hybridized carbons (Fsp3) is 0.500. The van der Waals surface area contributed by atoms with Crippen molar-refractivity contribution in [3.63, 3.8) is 0 Å². The molecule has 3 heterocycles. The van der Waals surface area contributed by atoms with Gasteiger partial charge in [0.25, 0.3) is 5.91 Å². The van der Waals surface area contributed by atoms with Crippen molar-refractivity contribution in [1.29, 1.82) is 0 Å². The van der Waals surface area contributed by atoms with Crippen molar-refractivity contribution >= 4 is 32.6 Å². The minimum Gasteiger partial charge on any atom is -0.345 e. The molecule has 1 aliphatic rings. The van der Waals surface area contributed by atoms with Crippen LogP contribution in [0.15, 0.2) is 24.3 Å². The molecule has 1 fully saturated rings. The number of hydrogen-bond donors (Lipinski definition) is 0. The first-order valence-corrected chi connectivity index (χ1v) is 11.2. The molecule has 0 spiro atoms. The topological polar surface area (TPSA) is 54.3 Å². The van der Waals surface area contributed by atoms with Gasteiger partial charge in [-0.1, -0.05) is 37.3 Å². The Labute approximate surface area is 176 Å². The van der Waals surface area contributed by atoms with E-state index in [-0.39, 0.29) is 11.9 Å². The smallest absolute Gasteiger partial charge is 0.274 e. The number of carbonyl (C=O) groups is 1. The Hall–Kier alpha value is -2.41. The van der Waals surface area contributed by atoms with Crippen molar-refractivity contribution in [2.24, 2.45) is 0 Å². The summed E-state index contributed by atoms with van der Waals surface area (Å²) in [6.45, 7) is 13.6. The fourth-order valence-corrected chi connectivity index (χ4v) is 4.99. The van der Waals surface area contributed by atoms with Crippen LogP contribution in [-0.2, 0) is 0 Å². The molecule has 0 radical (unpaired) electrons. The molecule has 1 amide bonds. The summed E-state index contributed by atoms with van der Waals surface area (Å²) < 4.78 is 3.15. The molecule has 3 aromatic rings. The lowest BCUT2D eigenvalue weighted by Gasteiger charge is -2.34. The average Bonchev–Trinajstić information content (AvgIpc) is 3.30. The second-order valence-corrected chi connectivity index (χ2v) is 9.34. The zero-order chi connectivity index (χ0) is 20.7. The van der Waals surface area contributed by atoms with E-state index in [0.717, 1.165) is 29.4 Å². The predicted molar refractivity (Wildman–Crippen MR) is 119 cm³/mol. The van der Waals surface area contributed by atoms with Crippen LogP contribution in [0, 0.1) is 6.92 Å². The van der Waals surface area contributed by atoms with E-state index in [1.165, 1.54) is 10.3 Å². The van der Waals surface area contributed by atoms with Gasteiger partial charge < -0.3 is 9.80 Å². The Kier molecular flexibility index (Phi) is 5.34. The summed E-state index contributed by atoms with van der Waals surface area (Å²) in [5.74, 6) is 0.482. The Morgan fingerprint density at radius 1 is 1.10 bits per heavy atom. The van der Waals surface area contributed by atoms with Crippen LogP contribution < -0.4 is 4.90 Å². The van der Waals surface area contributed by atoms with E-state index in [0.29, 0.717) is 24.7 Å². The van der Waals surface area contributed by atoms with Gasteiger partial charge in [-0.2, -0.15) is 5.10 Å². The zero-order valence-corrected chi connectivity index (χ0v) is 18.7. The van der Waals surface area contributed by atoms with Crippen LogP contribution in [0.5, 0.6) is 0 Å². The van der Waals surface area contributed by atoms with E-state index < -0.39 is 0 Å². The average molecular weight is 412 g/mol. The summed E-state index contributed by atoms with van der Waals surface area (Å²) >= 11 is 1.75. The molecule has 1 saturated heterocycles. The maximum Gasteiger partial charge on any atom is 0.274 e. The number of rotatable bonds is 4. The number of fused-ring (bicyclic) bond motifs is 1. The molecule has 0 atom stereocenters. The molecule has 0 aliphatic carbocycles. The summed E-state index contributed by atoms with van der Waals surface area (Å²) in [6.07, 6.45) is 0. The third kappa shape index (κ3) is 3.75. The molecule has 4 rings (SSSR count). The Morgan fingerprint density at radius 3 is 2.45 bits per heavy atom. The number of anilines is 1. The molecule has 7 heteroatoms. The monoisotopic (exact) mass is 411 g/mol. The normalized spacial score (nSPS) is 15.1. The number of nitrogens with zero attached hydrogens (tertiary/aromatic N) is 5. The van der Waals surface area contributed by atoms with E-state index in [4.69, 9.17) is 4.98 Å². The SMILES string of the molecule is Cc1cc(C(=O)N2CCN(c3nc4c(C(C)C)cccc4s3)CC2)nn1C(C)C. The Bertz CT molecular complexity index is 1030.